The van der Waals surface area contributed by atoms with Crippen molar-refractivity contribution in [2.45, 2.75) is 105 Å². The Morgan fingerprint density at radius 3 is 1.34 bits per heavy atom. The number of carboxylic acids is 1. The molecular weight excluding hydrogens is 1220 g/mol. The van der Waals surface area contributed by atoms with E-state index in [4.69, 9.17) is 77.4 Å². The van der Waals surface area contributed by atoms with Gasteiger partial charge in [0.1, 0.15) is 23.6 Å². The van der Waals surface area contributed by atoms with Crippen molar-refractivity contribution in [1.29, 1.82) is 0 Å². The van der Waals surface area contributed by atoms with Crippen LogP contribution in [0.25, 0.3) is 0 Å². The van der Waals surface area contributed by atoms with E-state index < -0.39 is 21.2 Å². The van der Waals surface area contributed by atoms with Gasteiger partial charge in [-0.3, -0.25) is 9.59 Å². The van der Waals surface area contributed by atoms with Gasteiger partial charge in [-0.1, -0.05) is 103 Å². The molecule has 6 aromatic rings. The Hall–Kier alpha value is -5.57. The Kier molecular flexibility index (Phi) is 46.6. The average molecular weight is 1300 g/mol. The molecule has 0 aliphatic carbocycles. The summed E-state index contributed by atoms with van der Waals surface area (Å²) in [5.74, 6) is 8.41. The van der Waals surface area contributed by atoms with Crippen molar-refractivity contribution in [2.75, 3.05) is 39.5 Å². The quantitative estimate of drug-likeness (QED) is 0.0181. The van der Waals surface area contributed by atoms with E-state index in [0.29, 0.717) is 90.0 Å². The van der Waals surface area contributed by atoms with Gasteiger partial charge in [-0.2, -0.15) is 0 Å². The van der Waals surface area contributed by atoms with Crippen LogP contribution in [0.3, 0.4) is 0 Å². The number of nitrogens with two attached hydrogens (primary N) is 1. The van der Waals surface area contributed by atoms with Gasteiger partial charge in [0.05, 0.1) is 51.5 Å². The fourth-order valence-corrected chi connectivity index (χ4v) is 5.48. The summed E-state index contributed by atoms with van der Waals surface area (Å²) in [6.45, 7) is 10.1. The number of benzene rings is 3. The first-order valence-corrected chi connectivity index (χ1v) is 32.1. The molecule has 0 unspecified atom stereocenters. The minimum absolute atomic E-state index is 0.0220. The monoisotopic (exact) mass is 1290 g/mol. The molecule has 0 aliphatic heterocycles. The molecule has 420 valence electrons. The van der Waals surface area contributed by atoms with Crippen LogP contribution in [0.1, 0.15) is 96.6 Å². The summed E-state index contributed by atoms with van der Waals surface area (Å²) in [6.07, 6.45) is 21.9. The molecule has 0 fully saturated rings. The van der Waals surface area contributed by atoms with E-state index in [1.165, 1.54) is 5.56 Å². The topological polar surface area (TPSA) is 235 Å². The van der Waals surface area contributed by atoms with Crippen molar-refractivity contribution in [1.82, 2.24) is 20.3 Å². The van der Waals surface area contributed by atoms with Crippen LogP contribution < -0.4 is 11.1 Å². The Bertz CT molecular complexity index is 2390. The molecule has 16 nitrogen and oxygen atoms in total. The van der Waals surface area contributed by atoms with Crippen LogP contribution in [0.5, 0.6) is 0 Å². The number of nitrogens with zero attached hydrogens (tertiary/aromatic N) is 3. The number of carboxylic acid groups (broad SMARTS) is 1. The second-order valence-corrected chi connectivity index (χ2v) is 24.9. The zero-order chi connectivity index (χ0) is 56.3. The summed E-state index contributed by atoms with van der Waals surface area (Å²) in [5, 5.41) is 19.4. The Labute approximate surface area is 466 Å². The first kappa shape index (κ1) is 70.4. The number of aryl methyl sites for hydroxylation is 6. The van der Waals surface area contributed by atoms with E-state index in [-0.39, 0.29) is 18.9 Å². The van der Waals surface area contributed by atoms with Crippen molar-refractivity contribution in [2.24, 2.45) is 5.73 Å². The van der Waals surface area contributed by atoms with Gasteiger partial charge in [0, 0.05) is 65.0 Å². The zero-order valence-electron chi connectivity index (χ0n) is 43.5. The van der Waals surface area contributed by atoms with Gasteiger partial charge in [0.2, 0.25) is 5.91 Å². The van der Waals surface area contributed by atoms with Crippen molar-refractivity contribution in [3.05, 3.63) is 161 Å². The van der Waals surface area contributed by atoms with E-state index in [9.17, 15) is 14.4 Å². The summed E-state index contributed by atoms with van der Waals surface area (Å²) < 4.78 is 32.0. The molecule has 5 N–H and O–H groups in total. The summed E-state index contributed by atoms with van der Waals surface area (Å²) in [7, 11) is 14.9. The third-order valence-electron chi connectivity index (χ3n) is 8.92. The van der Waals surface area contributed by atoms with Crippen LogP contribution in [-0.4, -0.2) is 82.8 Å². The number of carbonyl (C=O) groups excluding carboxylic acids is 2. The molecule has 0 saturated heterocycles. The standard InChI is InChI=1S/2C14H17NO2.C11H14O3.C7H11NO2.C7H9NO2.C3H5N.Au.3ClH/c1-12-10-15-14(17-12)8-5-9-16-11-13-6-3-2-4-7-13;1-2-10-15-14(16)9-6-11-17-12-13-7-4-3-5-8-13;12-11(13)7-4-8-14-9-10-5-2-1-3-6-10;2*1-6-5-8-7(10-6)3-2-4-9;1-2-3-4;;;;/h2-4,6-7,10H,5,8-9,11H2,1H3;1,3-5,7-8H,6,9-12H2,(H,15,16);1-3,5-6H,4,7-9H2,(H,12,13);5,9H,2-4H2,1H3;4-5H,2-3H2,1H3;1H,3-4H2;;3*1H/q;;;;;;+3;;;/p-3. The van der Waals surface area contributed by atoms with Crippen LogP contribution in [0, 0.1) is 45.5 Å². The maximum absolute atomic E-state index is 11.2. The number of hydrogen-bond donors (Lipinski definition) is 4. The number of aliphatic carboxylic acids is 1. The van der Waals surface area contributed by atoms with Gasteiger partial charge in [0.25, 0.3) is 0 Å². The van der Waals surface area contributed by atoms with Gasteiger partial charge < -0.3 is 53.5 Å². The van der Waals surface area contributed by atoms with Crippen molar-refractivity contribution < 1.29 is 67.3 Å². The summed E-state index contributed by atoms with van der Waals surface area (Å²) in [4.78, 5) is 43.3. The average Bonchev–Trinajstić information content (AvgIpc) is 4.18. The van der Waals surface area contributed by atoms with Crippen LogP contribution in [0.2, 0.25) is 0 Å². The molecule has 0 aliphatic rings. The fraction of sp³-hybridized carbons (Fsp3) is 0.393. The number of terminal acetylenes is 2. The number of carbonyl (C=O) groups is 3. The third kappa shape index (κ3) is 45.8. The second kappa shape index (κ2) is 50.3. The molecule has 3 heterocycles. The number of amides is 1. The SMILES string of the molecule is C#CCN.C#CCNC(=O)CCCOCc1ccccc1.Cc1cnc(CCC=O)o1.Cc1cnc(CCCO)o1.Cc1cnc(CCCOCc2ccccc2)o1.O=C(O)CCCOCc1ccccc1.[Cl][Au]([Cl])[Cl]. The van der Waals surface area contributed by atoms with Crippen LogP contribution in [-0.2, 0) is 82.9 Å². The number of ether oxygens (including phenoxy) is 3. The fourth-order valence-electron chi connectivity index (χ4n) is 5.48. The molecule has 3 aromatic carbocycles. The molecule has 1 amide bonds. The predicted molar refractivity (Wildman–Crippen MR) is 294 cm³/mol. The minimum atomic E-state index is -1.79. The number of nitrogens with one attached hydrogen (secondary N) is 1. The first-order chi connectivity index (χ1) is 36.8. The number of rotatable bonds is 25. The molecule has 0 bridgehead atoms. The number of oxazole rings is 3. The molecule has 6 rings (SSSR count). The molecular formula is C56H73AuCl3N5O11. The maximum atomic E-state index is 11.2. The normalized spacial score (nSPS) is 9.84. The number of aldehydes is 1. The number of aliphatic hydroxyl groups excluding tert-OH is 1. The van der Waals surface area contributed by atoms with E-state index in [1.807, 2.05) is 99.6 Å². The molecule has 0 atom stereocenters. The Morgan fingerprint density at radius 2 is 1.01 bits per heavy atom. The number of hydrogen-bond acceptors (Lipinski definition) is 14. The van der Waals surface area contributed by atoms with Gasteiger partial charge in [-0.25, -0.2) is 15.0 Å². The van der Waals surface area contributed by atoms with Gasteiger partial charge in [0.15, 0.2) is 17.7 Å². The van der Waals surface area contributed by atoms with E-state index >= 15 is 0 Å². The zero-order valence-corrected chi connectivity index (χ0v) is 47.9. The number of aliphatic hydroxyl groups is 1. The van der Waals surface area contributed by atoms with E-state index in [2.05, 4.69) is 50.7 Å². The molecule has 0 radical (unpaired) electrons. The number of halogens is 3. The molecule has 0 spiro atoms. The molecule has 20 heteroatoms. The van der Waals surface area contributed by atoms with E-state index in [0.717, 1.165) is 72.9 Å². The van der Waals surface area contributed by atoms with Gasteiger partial charge in [-0.15, -0.1) is 12.8 Å². The Morgan fingerprint density at radius 1 is 0.645 bits per heavy atom. The van der Waals surface area contributed by atoms with Crippen LogP contribution >= 0.6 is 27.6 Å². The molecule has 0 saturated carbocycles. The van der Waals surface area contributed by atoms with E-state index in [1.54, 1.807) is 18.6 Å². The first-order valence-electron chi connectivity index (χ1n) is 24.1. The van der Waals surface area contributed by atoms with Gasteiger partial charge in [-0.05, 0) is 63.1 Å². The molecule has 3 aromatic heterocycles. The summed E-state index contributed by atoms with van der Waals surface area (Å²) >= 11 is -1.79. The van der Waals surface area contributed by atoms with Crippen molar-refractivity contribution >= 4 is 45.7 Å². The predicted octanol–water partition coefficient (Wildman–Crippen LogP) is 10.6. The van der Waals surface area contributed by atoms with Crippen molar-refractivity contribution in [3.63, 3.8) is 0 Å². The molecule has 76 heavy (non-hydrogen) atoms. The van der Waals surface area contributed by atoms with Gasteiger partial charge >= 0.3 is 48.7 Å². The second-order valence-electron chi connectivity index (χ2n) is 15.5. The Balaban J connectivity index is 0.000000904. The third-order valence-corrected chi connectivity index (χ3v) is 8.92. The van der Waals surface area contributed by atoms with Crippen molar-refractivity contribution in [3.8, 4) is 24.7 Å². The van der Waals surface area contributed by atoms with Crippen LogP contribution in [0.15, 0.2) is 123 Å². The van der Waals surface area contributed by atoms with Crippen LogP contribution in [0.4, 0.5) is 0 Å². The summed E-state index contributed by atoms with van der Waals surface area (Å²) in [6, 6.07) is 30.0. The number of aromatic nitrogens is 3. The summed E-state index contributed by atoms with van der Waals surface area (Å²) in [5.41, 5.74) is 8.26.